The van der Waals surface area contributed by atoms with E-state index >= 15 is 0 Å². The molecule has 1 N–H and O–H groups in total. The number of benzene rings is 1. The second-order valence-corrected chi connectivity index (χ2v) is 6.48. The summed E-state index contributed by atoms with van der Waals surface area (Å²) in [6, 6.07) is 7.96. The van der Waals surface area contributed by atoms with Crippen LogP contribution in [0.15, 0.2) is 24.3 Å². The van der Waals surface area contributed by atoms with Crippen molar-refractivity contribution in [2.75, 3.05) is 18.4 Å². The maximum Gasteiger partial charge on any atom is 0.229 e. The highest BCUT2D eigenvalue weighted by atomic mass is 16.2. The molecule has 4 heteroatoms. The number of carbonyl (C=O) groups is 2. The minimum Gasteiger partial charge on any atom is -0.342 e. The number of hydrogen-bond donors (Lipinski definition) is 1. The quantitative estimate of drug-likeness (QED) is 0.832. The molecule has 2 rings (SSSR count). The van der Waals surface area contributed by atoms with Gasteiger partial charge in [0.2, 0.25) is 11.8 Å². The number of nitrogens with one attached hydrogen (secondary N) is 1. The van der Waals surface area contributed by atoms with E-state index < -0.39 is 0 Å². The lowest BCUT2D eigenvalue weighted by Crippen LogP contribution is -2.29. The van der Waals surface area contributed by atoms with Crippen LogP contribution < -0.4 is 5.32 Å². The first-order valence-corrected chi connectivity index (χ1v) is 8.74. The van der Waals surface area contributed by atoms with Gasteiger partial charge in [-0.05, 0) is 30.4 Å². The molecule has 2 amide bonds. The summed E-state index contributed by atoms with van der Waals surface area (Å²) in [5, 5.41) is 3.05. The summed E-state index contributed by atoms with van der Waals surface area (Å²) in [6.45, 7) is 7.73. The van der Waals surface area contributed by atoms with Gasteiger partial charge < -0.3 is 10.2 Å². The highest BCUT2D eigenvalue weighted by Crippen LogP contribution is 2.28. The first-order chi connectivity index (χ1) is 11.1. The number of likely N-dealkylation sites (tertiary alicyclic amines) is 1. The van der Waals surface area contributed by atoms with Crippen molar-refractivity contribution in [3.63, 3.8) is 0 Å². The third-order valence-electron chi connectivity index (χ3n) is 4.73. The second kappa shape index (κ2) is 8.14. The van der Waals surface area contributed by atoms with Gasteiger partial charge in [0.15, 0.2) is 0 Å². The fourth-order valence-electron chi connectivity index (χ4n) is 3.01. The van der Waals surface area contributed by atoms with Gasteiger partial charge in [-0.2, -0.15) is 0 Å². The fraction of sp³-hybridized carbons (Fsp3) is 0.579. The fourth-order valence-corrected chi connectivity index (χ4v) is 3.01. The summed E-state index contributed by atoms with van der Waals surface area (Å²) in [5.41, 5.74) is 2.04. The predicted octanol–water partition coefficient (Wildman–Crippen LogP) is 3.79. The van der Waals surface area contributed by atoms with Crippen LogP contribution in [0.25, 0.3) is 0 Å². The molecule has 4 nitrogen and oxygen atoms in total. The van der Waals surface area contributed by atoms with E-state index in [2.05, 4.69) is 32.2 Å². The molecule has 1 aliphatic rings. The van der Waals surface area contributed by atoms with Gasteiger partial charge >= 0.3 is 0 Å². The summed E-state index contributed by atoms with van der Waals surface area (Å²) in [6.07, 6.45) is 3.42. The molecule has 1 saturated heterocycles. The number of nitrogens with zero attached hydrogens (tertiary/aromatic N) is 1. The zero-order chi connectivity index (χ0) is 16.8. The largest absolute Gasteiger partial charge is 0.342 e. The van der Waals surface area contributed by atoms with Crippen LogP contribution in [0.2, 0.25) is 0 Å². The molecule has 1 aliphatic heterocycles. The maximum atomic E-state index is 12.6. The molecule has 1 heterocycles. The molecular formula is C19H28N2O2. The molecule has 2 atom stereocenters. The third-order valence-corrected chi connectivity index (χ3v) is 4.73. The molecule has 0 saturated carbocycles. The average molecular weight is 316 g/mol. The van der Waals surface area contributed by atoms with E-state index in [0.717, 1.165) is 37.1 Å². The van der Waals surface area contributed by atoms with Gasteiger partial charge in [0, 0.05) is 25.2 Å². The van der Waals surface area contributed by atoms with Crippen molar-refractivity contribution in [2.45, 2.75) is 52.4 Å². The highest BCUT2D eigenvalue weighted by Gasteiger charge is 2.34. The summed E-state index contributed by atoms with van der Waals surface area (Å²) in [7, 11) is 0. The van der Waals surface area contributed by atoms with E-state index in [9.17, 15) is 9.59 Å². The Morgan fingerprint density at radius 2 is 2.09 bits per heavy atom. The number of unbranched alkanes of at least 4 members (excludes halogenated alkanes) is 1. The average Bonchev–Trinajstić information content (AvgIpc) is 2.93. The van der Waals surface area contributed by atoms with Gasteiger partial charge in [0.25, 0.3) is 0 Å². The molecule has 126 valence electrons. The molecular weight excluding hydrogens is 288 g/mol. The molecule has 0 aliphatic carbocycles. The van der Waals surface area contributed by atoms with E-state index in [1.807, 2.05) is 23.1 Å². The predicted molar refractivity (Wildman–Crippen MR) is 93.4 cm³/mol. The van der Waals surface area contributed by atoms with Crippen molar-refractivity contribution >= 4 is 17.5 Å². The molecule has 1 fully saturated rings. The van der Waals surface area contributed by atoms with Crippen molar-refractivity contribution in [1.82, 2.24) is 4.90 Å². The molecule has 1 aromatic carbocycles. The van der Waals surface area contributed by atoms with Crippen LogP contribution >= 0.6 is 0 Å². The van der Waals surface area contributed by atoms with E-state index in [0.29, 0.717) is 18.9 Å². The van der Waals surface area contributed by atoms with Crippen LogP contribution in [0.3, 0.4) is 0 Å². The van der Waals surface area contributed by atoms with Gasteiger partial charge in [-0.15, -0.1) is 0 Å². The molecule has 0 spiro atoms. The zero-order valence-electron chi connectivity index (χ0n) is 14.5. The van der Waals surface area contributed by atoms with Crippen LogP contribution in [0, 0.1) is 5.92 Å². The molecule has 0 bridgehead atoms. The van der Waals surface area contributed by atoms with Crippen LogP contribution in [0.5, 0.6) is 0 Å². The van der Waals surface area contributed by atoms with Crippen molar-refractivity contribution in [2.24, 2.45) is 5.92 Å². The lowest BCUT2D eigenvalue weighted by atomic mass is 9.96. The lowest BCUT2D eigenvalue weighted by molar-refractivity contribution is -0.128. The Morgan fingerprint density at radius 3 is 2.78 bits per heavy atom. The number of para-hydroxylation sites is 1. The number of amides is 2. The van der Waals surface area contributed by atoms with Gasteiger partial charge in [-0.25, -0.2) is 0 Å². The smallest absolute Gasteiger partial charge is 0.229 e. The van der Waals surface area contributed by atoms with Crippen LogP contribution in [0.1, 0.15) is 57.9 Å². The Morgan fingerprint density at radius 1 is 1.35 bits per heavy atom. The number of carbonyl (C=O) groups excluding carboxylic acids is 2. The maximum absolute atomic E-state index is 12.6. The molecule has 0 radical (unpaired) electrons. The third kappa shape index (κ3) is 4.34. The van der Waals surface area contributed by atoms with E-state index in [-0.39, 0.29) is 17.7 Å². The Balaban J connectivity index is 2.02. The topological polar surface area (TPSA) is 49.4 Å². The summed E-state index contributed by atoms with van der Waals surface area (Å²) in [5.74, 6) is 0.240. The van der Waals surface area contributed by atoms with Crippen molar-refractivity contribution in [1.29, 1.82) is 0 Å². The zero-order valence-corrected chi connectivity index (χ0v) is 14.5. The normalized spacial score (nSPS) is 19.0. The van der Waals surface area contributed by atoms with Crippen LogP contribution in [-0.2, 0) is 9.59 Å². The molecule has 0 aromatic heterocycles. The monoisotopic (exact) mass is 316 g/mol. The van der Waals surface area contributed by atoms with Gasteiger partial charge in [0.1, 0.15) is 0 Å². The number of rotatable bonds is 7. The SMILES string of the molecule is CCCCN1C[C@H](C(=O)Nc2ccccc2[C@@H](C)CC)CC1=O. The standard InChI is InChI=1S/C19H28N2O2/c1-4-6-11-21-13-15(12-18(21)22)19(23)20-17-10-8-7-9-16(17)14(3)5-2/h7-10,14-15H,4-6,11-13H2,1-3H3,(H,20,23)/t14-,15+/m0/s1. The lowest BCUT2D eigenvalue weighted by Gasteiger charge is -2.18. The van der Waals surface area contributed by atoms with Crippen molar-refractivity contribution in [3.05, 3.63) is 29.8 Å². The second-order valence-electron chi connectivity index (χ2n) is 6.48. The summed E-state index contributed by atoms with van der Waals surface area (Å²) in [4.78, 5) is 26.4. The minimum atomic E-state index is -0.232. The van der Waals surface area contributed by atoms with Crippen molar-refractivity contribution < 1.29 is 9.59 Å². The van der Waals surface area contributed by atoms with Gasteiger partial charge in [-0.1, -0.05) is 45.4 Å². The summed E-state index contributed by atoms with van der Waals surface area (Å²) < 4.78 is 0. The first kappa shape index (κ1) is 17.5. The highest BCUT2D eigenvalue weighted by molar-refractivity contribution is 5.97. The Labute approximate surface area is 139 Å². The van der Waals surface area contributed by atoms with Crippen LogP contribution in [0.4, 0.5) is 5.69 Å². The van der Waals surface area contributed by atoms with Crippen molar-refractivity contribution in [3.8, 4) is 0 Å². The number of anilines is 1. The van der Waals surface area contributed by atoms with Gasteiger partial charge in [0.05, 0.1) is 5.92 Å². The minimum absolute atomic E-state index is 0.0342. The van der Waals surface area contributed by atoms with E-state index in [1.54, 1.807) is 0 Å². The number of hydrogen-bond acceptors (Lipinski definition) is 2. The Kier molecular flexibility index (Phi) is 6.20. The molecule has 23 heavy (non-hydrogen) atoms. The van der Waals surface area contributed by atoms with E-state index in [1.165, 1.54) is 0 Å². The molecule has 1 aromatic rings. The Hall–Kier alpha value is -1.84. The van der Waals surface area contributed by atoms with Crippen LogP contribution in [-0.4, -0.2) is 29.8 Å². The molecule has 0 unspecified atom stereocenters. The van der Waals surface area contributed by atoms with E-state index in [4.69, 9.17) is 0 Å². The Bertz CT molecular complexity index is 556. The first-order valence-electron chi connectivity index (χ1n) is 8.74. The summed E-state index contributed by atoms with van der Waals surface area (Å²) >= 11 is 0. The van der Waals surface area contributed by atoms with Gasteiger partial charge in [-0.3, -0.25) is 9.59 Å².